The van der Waals surface area contributed by atoms with Gasteiger partial charge in [0.15, 0.2) is 6.61 Å². The first-order chi connectivity index (χ1) is 15.8. The average Bonchev–Trinajstić information content (AvgIpc) is 2.84. The van der Waals surface area contributed by atoms with Crippen LogP contribution in [0.5, 0.6) is 0 Å². The Morgan fingerprint density at radius 3 is 2.24 bits per heavy atom. The Labute approximate surface area is 195 Å². The molecule has 0 saturated carbocycles. The predicted molar refractivity (Wildman–Crippen MR) is 125 cm³/mol. The van der Waals surface area contributed by atoms with Crippen molar-refractivity contribution in [1.82, 2.24) is 14.1 Å². The van der Waals surface area contributed by atoms with Crippen LogP contribution >= 0.6 is 0 Å². The van der Waals surface area contributed by atoms with Gasteiger partial charge in [0.2, 0.25) is 10.0 Å². The van der Waals surface area contributed by atoms with Crippen molar-refractivity contribution in [1.29, 1.82) is 0 Å². The van der Waals surface area contributed by atoms with E-state index in [2.05, 4.69) is 17.0 Å². The van der Waals surface area contributed by atoms with Crippen LogP contribution in [0.1, 0.15) is 29.8 Å². The lowest BCUT2D eigenvalue weighted by Crippen LogP contribution is -2.48. The number of nitrogens with zero attached hydrogens (tertiary/aromatic N) is 3. The molecule has 3 rings (SSSR count). The molecule has 1 saturated heterocycles. The van der Waals surface area contributed by atoms with Crippen molar-refractivity contribution < 1.29 is 22.7 Å². The Morgan fingerprint density at radius 2 is 1.61 bits per heavy atom. The van der Waals surface area contributed by atoms with E-state index in [1.807, 2.05) is 32.0 Å². The number of piperazine rings is 1. The van der Waals surface area contributed by atoms with Crippen LogP contribution in [0.4, 0.5) is 0 Å². The van der Waals surface area contributed by atoms with Crippen LogP contribution in [0, 0.1) is 0 Å². The molecule has 0 radical (unpaired) electrons. The summed E-state index contributed by atoms with van der Waals surface area (Å²) in [7, 11) is -3.74. The highest BCUT2D eigenvalue weighted by Crippen LogP contribution is 2.20. The molecule has 0 aliphatic carbocycles. The number of rotatable bonds is 9. The number of carbonyl (C=O) groups excluding carboxylic acids is 2. The van der Waals surface area contributed by atoms with Crippen molar-refractivity contribution in [2.24, 2.45) is 0 Å². The Morgan fingerprint density at radius 1 is 0.939 bits per heavy atom. The zero-order valence-electron chi connectivity index (χ0n) is 19.1. The molecule has 0 aromatic heterocycles. The molecule has 1 aliphatic rings. The lowest BCUT2D eigenvalue weighted by atomic mass is 10.2. The van der Waals surface area contributed by atoms with Gasteiger partial charge in [0.05, 0.1) is 10.5 Å². The van der Waals surface area contributed by atoms with Gasteiger partial charge in [-0.15, -0.1) is 0 Å². The SMILES string of the molecule is CCN(CC)C(=O)COC(=O)c1cccc(S(=O)(=O)N2CCN(Cc3ccccc3)CC2)c1. The van der Waals surface area contributed by atoms with E-state index in [0.717, 1.165) is 6.54 Å². The quantitative estimate of drug-likeness (QED) is 0.519. The van der Waals surface area contributed by atoms with E-state index in [9.17, 15) is 18.0 Å². The maximum atomic E-state index is 13.2. The molecule has 0 bridgehead atoms. The van der Waals surface area contributed by atoms with E-state index in [1.54, 1.807) is 4.90 Å². The minimum Gasteiger partial charge on any atom is -0.452 e. The van der Waals surface area contributed by atoms with E-state index < -0.39 is 16.0 Å². The number of carbonyl (C=O) groups is 2. The number of esters is 1. The van der Waals surface area contributed by atoms with Crippen molar-refractivity contribution in [3.8, 4) is 0 Å². The highest BCUT2D eigenvalue weighted by Gasteiger charge is 2.29. The molecule has 1 amide bonds. The highest BCUT2D eigenvalue weighted by atomic mass is 32.2. The van der Waals surface area contributed by atoms with Gasteiger partial charge in [-0.2, -0.15) is 4.31 Å². The summed E-state index contributed by atoms with van der Waals surface area (Å²) in [6.07, 6.45) is 0. The molecule has 0 N–H and O–H groups in total. The molecular weight excluding hydrogens is 442 g/mol. The first-order valence-electron chi connectivity index (χ1n) is 11.2. The van der Waals surface area contributed by atoms with Crippen LogP contribution in [0.3, 0.4) is 0 Å². The molecule has 1 fully saturated rings. The number of sulfonamides is 1. The van der Waals surface area contributed by atoms with Crippen molar-refractivity contribution in [2.75, 3.05) is 45.9 Å². The third-order valence-electron chi connectivity index (χ3n) is 5.73. The molecule has 1 heterocycles. The van der Waals surface area contributed by atoms with E-state index >= 15 is 0 Å². The molecule has 1 aliphatic heterocycles. The first-order valence-corrected chi connectivity index (χ1v) is 12.6. The Bertz CT molecular complexity index is 1050. The number of hydrogen-bond donors (Lipinski definition) is 0. The van der Waals surface area contributed by atoms with Crippen molar-refractivity contribution in [2.45, 2.75) is 25.3 Å². The zero-order chi connectivity index (χ0) is 23.8. The summed E-state index contributed by atoms with van der Waals surface area (Å²) in [5.41, 5.74) is 1.30. The molecule has 9 heteroatoms. The summed E-state index contributed by atoms with van der Waals surface area (Å²) in [6, 6.07) is 15.9. The molecule has 33 heavy (non-hydrogen) atoms. The summed E-state index contributed by atoms with van der Waals surface area (Å²) < 4.78 is 32.9. The first kappa shape index (κ1) is 24.9. The van der Waals surface area contributed by atoms with Gasteiger partial charge in [0, 0.05) is 45.8 Å². The second-order valence-corrected chi connectivity index (χ2v) is 9.77. The monoisotopic (exact) mass is 473 g/mol. The maximum Gasteiger partial charge on any atom is 0.338 e. The lowest BCUT2D eigenvalue weighted by Gasteiger charge is -2.34. The van der Waals surface area contributed by atoms with E-state index in [1.165, 1.54) is 34.1 Å². The number of hydrogen-bond acceptors (Lipinski definition) is 6. The number of benzene rings is 2. The van der Waals surface area contributed by atoms with E-state index in [-0.39, 0.29) is 23.0 Å². The minimum atomic E-state index is -3.74. The van der Waals surface area contributed by atoms with Crippen LogP contribution in [0.25, 0.3) is 0 Å². The maximum absolute atomic E-state index is 13.2. The Balaban J connectivity index is 1.60. The van der Waals surface area contributed by atoms with E-state index in [4.69, 9.17) is 4.74 Å². The molecule has 2 aromatic carbocycles. The van der Waals surface area contributed by atoms with Crippen molar-refractivity contribution in [3.05, 3.63) is 65.7 Å². The highest BCUT2D eigenvalue weighted by molar-refractivity contribution is 7.89. The fourth-order valence-electron chi connectivity index (χ4n) is 3.78. The van der Waals surface area contributed by atoms with Gasteiger partial charge in [-0.05, 0) is 37.6 Å². The van der Waals surface area contributed by atoms with Gasteiger partial charge in [-0.1, -0.05) is 36.4 Å². The largest absolute Gasteiger partial charge is 0.452 e. The van der Waals surface area contributed by atoms with Crippen LogP contribution in [-0.2, 0) is 26.1 Å². The lowest BCUT2D eigenvalue weighted by molar-refractivity contribution is -0.134. The van der Waals surface area contributed by atoms with Gasteiger partial charge in [0.25, 0.3) is 5.91 Å². The summed E-state index contributed by atoms with van der Waals surface area (Å²) in [5, 5.41) is 0. The Kier molecular flexibility index (Phi) is 8.60. The molecule has 178 valence electrons. The molecular formula is C24H31N3O5S. The molecule has 2 aromatic rings. The molecule has 0 unspecified atom stereocenters. The van der Waals surface area contributed by atoms with Crippen LogP contribution in [-0.4, -0.2) is 80.3 Å². The zero-order valence-corrected chi connectivity index (χ0v) is 20.0. The molecule has 0 atom stereocenters. The topological polar surface area (TPSA) is 87.2 Å². The third kappa shape index (κ3) is 6.40. The fourth-order valence-corrected chi connectivity index (χ4v) is 5.25. The standard InChI is InChI=1S/C24H31N3O5S/c1-3-26(4-2)23(28)19-32-24(29)21-11-8-12-22(17-21)33(30,31)27-15-13-25(14-16-27)18-20-9-6-5-7-10-20/h5-12,17H,3-4,13-16,18-19H2,1-2H3. The number of likely N-dealkylation sites (N-methyl/N-ethyl adjacent to an activating group) is 1. The molecule has 0 spiro atoms. The van der Waals surface area contributed by atoms with Crippen LogP contribution in [0.15, 0.2) is 59.5 Å². The normalized spacial score (nSPS) is 15.2. The van der Waals surface area contributed by atoms with Gasteiger partial charge in [-0.3, -0.25) is 9.69 Å². The molecule has 8 nitrogen and oxygen atoms in total. The number of amides is 1. The number of ether oxygens (including phenoxy) is 1. The van der Waals surface area contributed by atoms with Crippen molar-refractivity contribution >= 4 is 21.9 Å². The minimum absolute atomic E-state index is 0.0449. The average molecular weight is 474 g/mol. The van der Waals surface area contributed by atoms with Crippen molar-refractivity contribution in [3.63, 3.8) is 0 Å². The second kappa shape index (κ2) is 11.4. The smallest absolute Gasteiger partial charge is 0.338 e. The predicted octanol–water partition coefficient (Wildman–Crippen LogP) is 2.22. The summed E-state index contributed by atoms with van der Waals surface area (Å²) in [5.74, 6) is -1.01. The van der Waals surface area contributed by atoms with Crippen LogP contribution < -0.4 is 0 Å². The third-order valence-corrected chi connectivity index (χ3v) is 7.63. The van der Waals surface area contributed by atoms with Gasteiger partial charge in [-0.25, -0.2) is 13.2 Å². The van der Waals surface area contributed by atoms with Crippen LogP contribution in [0.2, 0.25) is 0 Å². The van der Waals surface area contributed by atoms with E-state index in [0.29, 0.717) is 39.3 Å². The summed E-state index contributed by atoms with van der Waals surface area (Å²) >= 11 is 0. The van der Waals surface area contributed by atoms with Gasteiger partial charge in [0.1, 0.15) is 0 Å². The summed E-state index contributed by atoms with van der Waals surface area (Å²) in [6.45, 7) is 7.16. The Hall–Kier alpha value is -2.75. The second-order valence-electron chi connectivity index (χ2n) is 7.84. The van der Waals surface area contributed by atoms with Gasteiger partial charge >= 0.3 is 5.97 Å². The summed E-state index contributed by atoms with van der Waals surface area (Å²) in [4.78, 5) is 28.3. The van der Waals surface area contributed by atoms with Gasteiger partial charge < -0.3 is 9.64 Å². The fraction of sp³-hybridized carbons (Fsp3) is 0.417.